The Morgan fingerprint density at radius 2 is 2.00 bits per heavy atom. The van der Waals surface area contributed by atoms with Gasteiger partial charge < -0.3 is 5.73 Å². The van der Waals surface area contributed by atoms with Crippen molar-refractivity contribution in [1.82, 2.24) is 10.2 Å². The van der Waals surface area contributed by atoms with Crippen molar-refractivity contribution in [1.29, 1.82) is 0 Å². The van der Waals surface area contributed by atoms with Gasteiger partial charge in [0.05, 0.1) is 0 Å². The van der Waals surface area contributed by atoms with Gasteiger partial charge in [0.1, 0.15) is 5.82 Å². The molecule has 3 nitrogen and oxygen atoms in total. The zero-order valence-electron chi connectivity index (χ0n) is 11.1. The van der Waals surface area contributed by atoms with Gasteiger partial charge in [-0.15, -0.1) is 0 Å². The first-order valence-corrected chi connectivity index (χ1v) is 6.60. The number of aromatic nitrogens is 2. The molecule has 0 bridgehead atoms. The molecule has 1 atom stereocenters. The zero-order valence-corrected chi connectivity index (χ0v) is 11.1. The molecule has 0 aliphatic heterocycles. The van der Waals surface area contributed by atoms with Crippen molar-refractivity contribution in [3.8, 4) is 0 Å². The second-order valence-electron chi connectivity index (χ2n) is 4.81. The van der Waals surface area contributed by atoms with Crippen LogP contribution in [0.2, 0.25) is 0 Å². The number of aromatic amines is 1. The number of nitrogens with zero attached hydrogens (tertiary/aromatic N) is 1. The van der Waals surface area contributed by atoms with Gasteiger partial charge in [0.25, 0.3) is 0 Å². The van der Waals surface area contributed by atoms with E-state index in [0.29, 0.717) is 11.7 Å². The summed E-state index contributed by atoms with van der Waals surface area (Å²) >= 11 is 0. The van der Waals surface area contributed by atoms with Crippen LogP contribution in [-0.4, -0.2) is 10.2 Å². The Morgan fingerprint density at radius 3 is 2.56 bits per heavy atom. The van der Waals surface area contributed by atoms with Crippen molar-refractivity contribution in [2.45, 2.75) is 39.0 Å². The van der Waals surface area contributed by atoms with E-state index in [9.17, 15) is 0 Å². The molecule has 0 amide bonds. The van der Waals surface area contributed by atoms with E-state index in [-0.39, 0.29) is 0 Å². The van der Waals surface area contributed by atoms with E-state index in [0.717, 1.165) is 5.69 Å². The normalized spacial score (nSPS) is 12.6. The van der Waals surface area contributed by atoms with Crippen molar-refractivity contribution in [2.24, 2.45) is 0 Å². The maximum absolute atomic E-state index is 5.63. The van der Waals surface area contributed by atoms with Crippen LogP contribution in [0.4, 0.5) is 5.82 Å². The largest absolute Gasteiger partial charge is 0.382 e. The fourth-order valence-corrected chi connectivity index (χ4v) is 2.11. The first-order chi connectivity index (χ1) is 8.70. The van der Waals surface area contributed by atoms with Crippen molar-refractivity contribution in [3.05, 3.63) is 47.2 Å². The summed E-state index contributed by atoms with van der Waals surface area (Å²) in [7, 11) is 0. The highest BCUT2D eigenvalue weighted by atomic mass is 15.2. The van der Waals surface area contributed by atoms with Gasteiger partial charge in [0, 0.05) is 17.7 Å². The first-order valence-electron chi connectivity index (χ1n) is 6.60. The van der Waals surface area contributed by atoms with E-state index in [1.165, 1.54) is 30.4 Å². The number of hydrogen-bond acceptors (Lipinski definition) is 2. The summed E-state index contributed by atoms with van der Waals surface area (Å²) in [5.74, 6) is 0.853. The summed E-state index contributed by atoms with van der Waals surface area (Å²) in [5, 5.41) is 6.95. The molecule has 0 radical (unpaired) electrons. The molecule has 18 heavy (non-hydrogen) atoms. The fourth-order valence-electron chi connectivity index (χ4n) is 2.11. The second kappa shape index (κ2) is 5.71. The third kappa shape index (κ3) is 2.92. The molecule has 3 heteroatoms. The van der Waals surface area contributed by atoms with Gasteiger partial charge in [-0.25, -0.2) is 0 Å². The lowest BCUT2D eigenvalue weighted by molar-refractivity contribution is 0.793. The fraction of sp³-hybridized carbons (Fsp3) is 0.400. The van der Waals surface area contributed by atoms with E-state index in [1.807, 2.05) is 6.07 Å². The second-order valence-corrected chi connectivity index (χ2v) is 4.81. The number of benzene rings is 1. The van der Waals surface area contributed by atoms with E-state index < -0.39 is 0 Å². The topological polar surface area (TPSA) is 54.7 Å². The van der Waals surface area contributed by atoms with E-state index >= 15 is 0 Å². The number of unbranched alkanes of at least 4 members (excludes halogenated alkanes) is 1. The minimum Gasteiger partial charge on any atom is -0.382 e. The maximum atomic E-state index is 5.63. The van der Waals surface area contributed by atoms with Gasteiger partial charge in [-0.1, -0.05) is 44.5 Å². The molecule has 0 spiro atoms. The SMILES string of the molecule is CCCCc1ccc(C(C)c2cc(N)n[nH]2)cc1. The molecular weight excluding hydrogens is 222 g/mol. The Kier molecular flexibility index (Phi) is 4.03. The molecule has 1 heterocycles. The molecule has 1 unspecified atom stereocenters. The molecule has 2 aromatic rings. The molecule has 3 N–H and O–H groups in total. The van der Waals surface area contributed by atoms with Crippen LogP contribution >= 0.6 is 0 Å². The predicted octanol–water partition coefficient (Wildman–Crippen LogP) is 3.49. The smallest absolute Gasteiger partial charge is 0.145 e. The van der Waals surface area contributed by atoms with Crippen molar-refractivity contribution in [2.75, 3.05) is 5.73 Å². The average Bonchev–Trinajstić information content (AvgIpc) is 2.83. The van der Waals surface area contributed by atoms with Gasteiger partial charge in [0.15, 0.2) is 0 Å². The predicted molar refractivity (Wildman–Crippen MR) is 75.6 cm³/mol. The van der Waals surface area contributed by atoms with Gasteiger partial charge in [-0.2, -0.15) is 5.10 Å². The highest BCUT2D eigenvalue weighted by Crippen LogP contribution is 2.23. The van der Waals surface area contributed by atoms with Crippen molar-refractivity contribution >= 4 is 5.82 Å². The molecule has 96 valence electrons. The number of nitrogen functional groups attached to an aromatic ring is 1. The van der Waals surface area contributed by atoms with E-state index in [4.69, 9.17) is 5.73 Å². The van der Waals surface area contributed by atoms with Crippen LogP contribution in [0.5, 0.6) is 0 Å². The summed E-state index contributed by atoms with van der Waals surface area (Å²) in [6.07, 6.45) is 3.67. The Labute approximate surface area is 108 Å². The third-order valence-corrected chi connectivity index (χ3v) is 3.38. The van der Waals surface area contributed by atoms with Crippen LogP contribution in [-0.2, 0) is 6.42 Å². The number of anilines is 1. The molecule has 2 rings (SSSR count). The Balaban J connectivity index is 2.09. The average molecular weight is 243 g/mol. The lowest BCUT2D eigenvalue weighted by Crippen LogP contribution is -1.97. The van der Waals surface area contributed by atoms with Crippen LogP contribution in [0.1, 0.15) is 49.4 Å². The first kappa shape index (κ1) is 12.7. The standard InChI is InChI=1S/C15H21N3/c1-3-4-5-12-6-8-13(9-7-12)11(2)14-10-15(16)18-17-14/h6-11H,3-5H2,1-2H3,(H3,16,17,18). The lowest BCUT2D eigenvalue weighted by Gasteiger charge is -2.10. The summed E-state index contributed by atoms with van der Waals surface area (Å²) in [4.78, 5) is 0. The van der Waals surface area contributed by atoms with Crippen LogP contribution in [0.25, 0.3) is 0 Å². The number of hydrogen-bond donors (Lipinski definition) is 2. The summed E-state index contributed by atoms with van der Waals surface area (Å²) < 4.78 is 0. The summed E-state index contributed by atoms with van der Waals surface area (Å²) in [5.41, 5.74) is 9.40. The van der Waals surface area contributed by atoms with E-state index in [2.05, 4.69) is 48.3 Å². The minimum absolute atomic E-state index is 0.301. The number of H-pyrrole nitrogens is 1. The highest BCUT2D eigenvalue weighted by molar-refractivity contribution is 5.36. The number of nitrogens with two attached hydrogens (primary N) is 1. The van der Waals surface area contributed by atoms with Gasteiger partial charge >= 0.3 is 0 Å². The Hall–Kier alpha value is -1.77. The Morgan fingerprint density at radius 1 is 1.28 bits per heavy atom. The van der Waals surface area contributed by atoms with Gasteiger partial charge in [0.2, 0.25) is 0 Å². The quantitative estimate of drug-likeness (QED) is 0.844. The molecule has 0 aliphatic carbocycles. The minimum atomic E-state index is 0.301. The molecule has 0 saturated carbocycles. The number of aryl methyl sites for hydroxylation is 1. The summed E-state index contributed by atoms with van der Waals surface area (Å²) in [6.45, 7) is 4.38. The molecule has 0 fully saturated rings. The molecular formula is C15H21N3. The molecule has 1 aromatic heterocycles. The van der Waals surface area contributed by atoms with Crippen LogP contribution in [0.15, 0.2) is 30.3 Å². The van der Waals surface area contributed by atoms with Crippen LogP contribution in [0, 0.1) is 0 Å². The van der Waals surface area contributed by atoms with E-state index in [1.54, 1.807) is 0 Å². The highest BCUT2D eigenvalue weighted by Gasteiger charge is 2.10. The molecule has 0 saturated heterocycles. The number of rotatable bonds is 5. The lowest BCUT2D eigenvalue weighted by atomic mass is 9.96. The molecule has 1 aromatic carbocycles. The van der Waals surface area contributed by atoms with Crippen LogP contribution < -0.4 is 5.73 Å². The van der Waals surface area contributed by atoms with Gasteiger partial charge in [-0.05, 0) is 24.0 Å². The van der Waals surface area contributed by atoms with Crippen molar-refractivity contribution in [3.63, 3.8) is 0 Å². The Bertz CT molecular complexity index is 485. The third-order valence-electron chi connectivity index (χ3n) is 3.38. The number of nitrogens with one attached hydrogen (secondary N) is 1. The zero-order chi connectivity index (χ0) is 13.0. The molecule has 0 aliphatic rings. The monoisotopic (exact) mass is 243 g/mol. The van der Waals surface area contributed by atoms with Crippen LogP contribution in [0.3, 0.4) is 0 Å². The van der Waals surface area contributed by atoms with Crippen molar-refractivity contribution < 1.29 is 0 Å². The van der Waals surface area contributed by atoms with Gasteiger partial charge in [-0.3, -0.25) is 5.10 Å². The summed E-state index contributed by atoms with van der Waals surface area (Å²) in [6, 6.07) is 10.7. The maximum Gasteiger partial charge on any atom is 0.145 e.